The molecule has 5 rings (SSSR count). The van der Waals surface area contributed by atoms with Crippen molar-refractivity contribution in [2.24, 2.45) is 5.92 Å². The highest BCUT2D eigenvalue weighted by Gasteiger charge is 2.26. The molecule has 152 valence electrons. The molecule has 1 saturated heterocycles. The zero-order valence-corrected chi connectivity index (χ0v) is 17.2. The van der Waals surface area contributed by atoms with Crippen molar-refractivity contribution < 1.29 is 4.79 Å². The zero-order chi connectivity index (χ0) is 20.5. The van der Waals surface area contributed by atoms with E-state index in [1.54, 1.807) is 22.3 Å². The van der Waals surface area contributed by atoms with E-state index in [1.807, 2.05) is 37.3 Å². The molecular weight excluding hydrogens is 400 g/mol. The van der Waals surface area contributed by atoms with Gasteiger partial charge in [0.25, 0.3) is 0 Å². The van der Waals surface area contributed by atoms with Crippen LogP contribution in [-0.2, 0) is 4.79 Å². The minimum Gasteiger partial charge on any atom is -0.355 e. The topological polar surface area (TPSA) is 102 Å². The van der Waals surface area contributed by atoms with E-state index in [9.17, 15) is 4.79 Å². The molecule has 1 aliphatic rings. The lowest BCUT2D eigenvalue weighted by molar-refractivity contribution is -0.120. The Kier molecular flexibility index (Phi) is 4.83. The smallest absolute Gasteiger partial charge is 0.227 e. The summed E-state index contributed by atoms with van der Waals surface area (Å²) in [7, 11) is 0. The number of carbonyl (C=O) groups is 1. The number of nitrogens with one attached hydrogen (secondary N) is 1. The molecule has 4 aromatic rings. The predicted molar refractivity (Wildman–Crippen MR) is 115 cm³/mol. The van der Waals surface area contributed by atoms with Crippen LogP contribution in [0.2, 0.25) is 0 Å². The molecule has 0 saturated carbocycles. The lowest BCUT2D eigenvalue weighted by atomic mass is 9.96. The summed E-state index contributed by atoms with van der Waals surface area (Å²) in [6.07, 6.45) is 4.59. The van der Waals surface area contributed by atoms with Crippen LogP contribution in [-0.4, -0.2) is 48.9 Å². The van der Waals surface area contributed by atoms with Gasteiger partial charge in [-0.25, -0.2) is 14.6 Å². The van der Waals surface area contributed by atoms with Gasteiger partial charge in [-0.3, -0.25) is 4.79 Å². The average Bonchev–Trinajstić information content (AvgIpc) is 3.43. The van der Waals surface area contributed by atoms with Crippen LogP contribution in [0.4, 0.5) is 11.5 Å². The first-order chi connectivity index (χ1) is 14.7. The second kappa shape index (κ2) is 7.79. The van der Waals surface area contributed by atoms with Gasteiger partial charge in [0.1, 0.15) is 12.7 Å². The molecule has 9 nitrogen and oxygen atoms in total. The molecule has 0 atom stereocenters. The van der Waals surface area contributed by atoms with Gasteiger partial charge in [0.15, 0.2) is 11.6 Å². The first-order valence-electron chi connectivity index (χ1n) is 9.77. The van der Waals surface area contributed by atoms with Crippen molar-refractivity contribution in [1.29, 1.82) is 0 Å². The third-order valence-electron chi connectivity index (χ3n) is 5.24. The third kappa shape index (κ3) is 3.73. The fourth-order valence-electron chi connectivity index (χ4n) is 3.67. The van der Waals surface area contributed by atoms with Gasteiger partial charge in [0.05, 0.1) is 15.2 Å². The number of hydrogen-bond acceptors (Lipinski definition) is 8. The highest BCUT2D eigenvalue weighted by Crippen LogP contribution is 2.26. The molecule has 1 aromatic carbocycles. The summed E-state index contributed by atoms with van der Waals surface area (Å²) in [6.45, 7) is 3.52. The first-order valence-corrected chi connectivity index (χ1v) is 10.6. The molecule has 0 spiro atoms. The Morgan fingerprint density at radius 1 is 1.13 bits per heavy atom. The van der Waals surface area contributed by atoms with Crippen LogP contribution < -0.4 is 10.2 Å². The van der Waals surface area contributed by atoms with Crippen LogP contribution in [0, 0.1) is 12.8 Å². The number of thiazole rings is 1. The molecule has 3 aromatic heterocycles. The number of hydrogen-bond donors (Lipinski definition) is 1. The van der Waals surface area contributed by atoms with Crippen molar-refractivity contribution in [3.05, 3.63) is 48.0 Å². The average molecular weight is 421 g/mol. The Balaban J connectivity index is 1.19. The molecule has 0 aliphatic carbocycles. The Morgan fingerprint density at radius 3 is 2.67 bits per heavy atom. The number of rotatable bonds is 4. The Hall–Kier alpha value is -3.40. The monoisotopic (exact) mass is 420 g/mol. The van der Waals surface area contributed by atoms with Crippen molar-refractivity contribution >= 4 is 39.0 Å². The number of aryl methyl sites for hydroxylation is 1. The van der Waals surface area contributed by atoms with E-state index < -0.39 is 0 Å². The number of piperidine rings is 1. The van der Waals surface area contributed by atoms with Crippen LogP contribution in [0.1, 0.15) is 17.8 Å². The van der Waals surface area contributed by atoms with E-state index in [0.29, 0.717) is 5.82 Å². The van der Waals surface area contributed by atoms with E-state index in [0.717, 1.165) is 52.7 Å². The van der Waals surface area contributed by atoms with Gasteiger partial charge in [-0.15, -0.1) is 21.5 Å². The number of aromatic nitrogens is 6. The summed E-state index contributed by atoms with van der Waals surface area (Å²) >= 11 is 1.66. The van der Waals surface area contributed by atoms with E-state index >= 15 is 0 Å². The minimum atomic E-state index is -0.0171. The number of anilines is 2. The van der Waals surface area contributed by atoms with Crippen LogP contribution in [0.25, 0.3) is 16.0 Å². The summed E-state index contributed by atoms with van der Waals surface area (Å²) in [5.74, 6) is 1.48. The minimum absolute atomic E-state index is 0.0171. The van der Waals surface area contributed by atoms with Gasteiger partial charge >= 0.3 is 0 Å². The van der Waals surface area contributed by atoms with Crippen LogP contribution in [0.5, 0.6) is 0 Å². The van der Waals surface area contributed by atoms with Crippen molar-refractivity contribution in [1.82, 2.24) is 29.9 Å². The highest BCUT2D eigenvalue weighted by molar-refractivity contribution is 7.18. The summed E-state index contributed by atoms with van der Waals surface area (Å²) in [5.41, 5.74) is 1.73. The first kappa shape index (κ1) is 18.6. The largest absolute Gasteiger partial charge is 0.355 e. The van der Waals surface area contributed by atoms with Crippen molar-refractivity contribution in [2.75, 3.05) is 23.3 Å². The summed E-state index contributed by atoms with van der Waals surface area (Å²) < 4.78 is 2.70. The molecule has 1 aliphatic heterocycles. The van der Waals surface area contributed by atoms with Crippen LogP contribution in [0.3, 0.4) is 0 Å². The quantitative estimate of drug-likeness (QED) is 0.542. The van der Waals surface area contributed by atoms with E-state index in [-0.39, 0.29) is 11.8 Å². The normalized spacial score (nSPS) is 14.9. The Bertz CT molecular complexity index is 1160. The Morgan fingerprint density at radius 2 is 1.93 bits per heavy atom. The molecule has 10 heteroatoms. The molecule has 1 amide bonds. The van der Waals surface area contributed by atoms with Crippen molar-refractivity contribution in [3.8, 4) is 5.82 Å². The predicted octanol–water partition coefficient (Wildman–Crippen LogP) is 2.83. The molecule has 0 bridgehead atoms. The highest BCUT2D eigenvalue weighted by atomic mass is 32.1. The summed E-state index contributed by atoms with van der Waals surface area (Å²) in [6, 6.07) is 9.69. The summed E-state index contributed by atoms with van der Waals surface area (Å²) in [5, 5.41) is 16.7. The number of nitrogens with zero attached hydrogens (tertiary/aromatic N) is 7. The van der Waals surface area contributed by atoms with E-state index in [4.69, 9.17) is 0 Å². The number of benzene rings is 1. The lowest BCUT2D eigenvalue weighted by Gasteiger charge is -2.31. The molecule has 30 heavy (non-hydrogen) atoms. The fraction of sp³-hybridized carbons (Fsp3) is 0.300. The van der Waals surface area contributed by atoms with Crippen LogP contribution in [0.15, 0.2) is 43.0 Å². The standard InChI is InChI=1S/C20H20N8OS/c1-13-23-16-10-15(2-3-17(16)30-13)24-20(29)14-6-8-27(9-7-14)18-4-5-19(26-25-18)28-12-21-11-22-28/h2-5,10-12,14H,6-9H2,1H3,(H,24,29). The molecule has 1 N–H and O–H groups in total. The molecular formula is C20H20N8OS. The maximum Gasteiger partial charge on any atom is 0.227 e. The number of amides is 1. The van der Waals surface area contributed by atoms with E-state index in [2.05, 4.69) is 35.5 Å². The molecule has 1 fully saturated rings. The van der Waals surface area contributed by atoms with Gasteiger partial charge in [0, 0.05) is 24.7 Å². The maximum absolute atomic E-state index is 12.7. The number of fused-ring (bicyclic) bond motifs is 1. The van der Waals surface area contributed by atoms with Gasteiger partial charge < -0.3 is 10.2 Å². The van der Waals surface area contributed by atoms with E-state index in [1.165, 1.54) is 6.33 Å². The van der Waals surface area contributed by atoms with Gasteiger partial charge in [-0.2, -0.15) is 5.10 Å². The van der Waals surface area contributed by atoms with Crippen molar-refractivity contribution in [3.63, 3.8) is 0 Å². The van der Waals surface area contributed by atoms with Crippen LogP contribution >= 0.6 is 11.3 Å². The number of carbonyl (C=O) groups excluding carboxylic acids is 1. The molecule has 4 heterocycles. The van der Waals surface area contributed by atoms with Gasteiger partial charge in [0.2, 0.25) is 5.91 Å². The SMILES string of the molecule is Cc1nc2cc(NC(=O)C3CCN(c4ccc(-n5cncn5)nn4)CC3)ccc2s1. The maximum atomic E-state index is 12.7. The van der Waals surface area contributed by atoms with Gasteiger partial charge in [-0.05, 0) is 50.1 Å². The molecule has 0 unspecified atom stereocenters. The second-order valence-electron chi connectivity index (χ2n) is 7.26. The fourth-order valence-corrected chi connectivity index (χ4v) is 4.48. The third-order valence-corrected chi connectivity index (χ3v) is 6.19. The van der Waals surface area contributed by atoms with Gasteiger partial charge in [-0.1, -0.05) is 0 Å². The Labute approximate surface area is 176 Å². The second-order valence-corrected chi connectivity index (χ2v) is 8.49. The zero-order valence-electron chi connectivity index (χ0n) is 16.4. The lowest BCUT2D eigenvalue weighted by Crippen LogP contribution is -2.38. The van der Waals surface area contributed by atoms with Crippen molar-refractivity contribution in [2.45, 2.75) is 19.8 Å². The molecule has 0 radical (unpaired) electrons. The summed E-state index contributed by atoms with van der Waals surface area (Å²) in [4.78, 5) is 23.3.